The van der Waals surface area contributed by atoms with Crippen molar-refractivity contribution in [1.29, 1.82) is 0 Å². The maximum atomic E-state index is 9.39. The normalized spacial score (nSPS) is 15.2. The number of aliphatic hydroxyl groups is 1. The van der Waals surface area contributed by atoms with Gasteiger partial charge in [0.1, 0.15) is 0 Å². The lowest BCUT2D eigenvalue weighted by Gasteiger charge is -2.23. The monoisotopic (exact) mass is 238 g/mol. The molecule has 4 heteroatoms. The Labute approximate surface area is 99.2 Å². The van der Waals surface area contributed by atoms with E-state index in [1.807, 2.05) is 31.2 Å². The summed E-state index contributed by atoms with van der Waals surface area (Å²) in [6.45, 7) is 2.34. The first kappa shape index (κ1) is 11.5. The van der Waals surface area contributed by atoms with Crippen LogP contribution in [0.25, 0.3) is 10.9 Å². The molecule has 0 fully saturated rings. The standard InChI is InChI=1S/C12H15ClN2O/c1-12(6-14,7-16)11-5-8-4-9(13)2-3-10(8)15-11/h2-5,15-16H,6-7,14H2,1H3. The highest BCUT2D eigenvalue weighted by atomic mass is 35.5. The molecule has 0 aliphatic carbocycles. The third-order valence-electron chi connectivity index (χ3n) is 3.03. The van der Waals surface area contributed by atoms with Crippen molar-refractivity contribution in [2.45, 2.75) is 12.3 Å². The van der Waals surface area contributed by atoms with Crippen LogP contribution in [0.4, 0.5) is 0 Å². The van der Waals surface area contributed by atoms with Crippen molar-refractivity contribution in [3.8, 4) is 0 Å². The van der Waals surface area contributed by atoms with Crippen molar-refractivity contribution in [2.24, 2.45) is 5.73 Å². The number of aliphatic hydroxyl groups excluding tert-OH is 1. The minimum absolute atomic E-state index is 0.0179. The second kappa shape index (κ2) is 4.09. The van der Waals surface area contributed by atoms with Crippen molar-refractivity contribution < 1.29 is 5.11 Å². The summed E-state index contributed by atoms with van der Waals surface area (Å²) in [5.41, 5.74) is 7.22. The third-order valence-corrected chi connectivity index (χ3v) is 3.27. The smallest absolute Gasteiger partial charge is 0.0551 e. The Bertz CT molecular complexity index is 503. The predicted molar refractivity (Wildman–Crippen MR) is 66.8 cm³/mol. The quantitative estimate of drug-likeness (QED) is 0.766. The molecule has 0 spiro atoms. The summed E-state index contributed by atoms with van der Waals surface area (Å²) in [6.07, 6.45) is 0. The van der Waals surface area contributed by atoms with Crippen LogP contribution in [-0.4, -0.2) is 23.2 Å². The van der Waals surface area contributed by atoms with Crippen molar-refractivity contribution in [1.82, 2.24) is 4.98 Å². The van der Waals surface area contributed by atoms with Crippen molar-refractivity contribution in [3.05, 3.63) is 35.0 Å². The SMILES string of the molecule is CC(CN)(CO)c1cc2cc(Cl)ccc2[nH]1. The number of benzene rings is 1. The Morgan fingerprint density at radius 3 is 2.81 bits per heavy atom. The van der Waals surface area contributed by atoms with E-state index in [4.69, 9.17) is 17.3 Å². The highest BCUT2D eigenvalue weighted by molar-refractivity contribution is 6.31. The molecule has 4 N–H and O–H groups in total. The molecule has 0 bridgehead atoms. The molecule has 0 radical (unpaired) electrons. The molecule has 1 aromatic carbocycles. The first-order chi connectivity index (χ1) is 7.59. The topological polar surface area (TPSA) is 62.0 Å². The zero-order valence-corrected chi connectivity index (χ0v) is 9.88. The van der Waals surface area contributed by atoms with Crippen LogP contribution in [0.15, 0.2) is 24.3 Å². The number of hydrogen-bond donors (Lipinski definition) is 3. The molecule has 1 heterocycles. The fraction of sp³-hybridized carbons (Fsp3) is 0.333. The molecule has 0 amide bonds. The molecule has 1 aromatic heterocycles. The first-order valence-electron chi connectivity index (χ1n) is 5.19. The summed E-state index contributed by atoms with van der Waals surface area (Å²) in [4.78, 5) is 3.27. The molecule has 0 saturated carbocycles. The fourth-order valence-electron chi connectivity index (χ4n) is 1.69. The highest BCUT2D eigenvalue weighted by Crippen LogP contribution is 2.27. The lowest BCUT2D eigenvalue weighted by molar-refractivity contribution is 0.207. The number of fused-ring (bicyclic) bond motifs is 1. The van der Waals surface area contributed by atoms with Gasteiger partial charge < -0.3 is 15.8 Å². The lowest BCUT2D eigenvalue weighted by atomic mass is 9.88. The Hall–Kier alpha value is -1.03. The van der Waals surface area contributed by atoms with E-state index in [0.717, 1.165) is 16.6 Å². The number of aromatic amines is 1. The van der Waals surface area contributed by atoms with Gasteiger partial charge in [-0.25, -0.2) is 0 Å². The highest BCUT2D eigenvalue weighted by Gasteiger charge is 2.25. The molecule has 1 atom stereocenters. The van der Waals surface area contributed by atoms with Crippen molar-refractivity contribution >= 4 is 22.5 Å². The van der Waals surface area contributed by atoms with Crippen LogP contribution < -0.4 is 5.73 Å². The first-order valence-corrected chi connectivity index (χ1v) is 5.56. The minimum Gasteiger partial charge on any atom is -0.395 e. The van der Waals surface area contributed by atoms with E-state index in [1.165, 1.54) is 0 Å². The average molecular weight is 239 g/mol. The number of rotatable bonds is 3. The summed E-state index contributed by atoms with van der Waals surface area (Å²) >= 11 is 5.92. The van der Waals surface area contributed by atoms with Gasteiger partial charge in [-0.1, -0.05) is 18.5 Å². The number of nitrogens with two attached hydrogens (primary N) is 1. The van der Waals surface area contributed by atoms with Crippen LogP contribution in [0.3, 0.4) is 0 Å². The van der Waals surface area contributed by atoms with Gasteiger partial charge in [-0.15, -0.1) is 0 Å². The van der Waals surface area contributed by atoms with Gasteiger partial charge in [-0.05, 0) is 24.3 Å². The van der Waals surface area contributed by atoms with Gasteiger partial charge in [0.25, 0.3) is 0 Å². The Balaban J connectivity index is 2.54. The summed E-state index contributed by atoms with van der Waals surface area (Å²) < 4.78 is 0. The van der Waals surface area contributed by atoms with Gasteiger partial charge in [0.15, 0.2) is 0 Å². The van der Waals surface area contributed by atoms with Crippen molar-refractivity contribution in [2.75, 3.05) is 13.2 Å². The molecular formula is C12H15ClN2O. The van der Waals surface area contributed by atoms with Gasteiger partial charge >= 0.3 is 0 Å². The third kappa shape index (κ3) is 1.82. The summed E-state index contributed by atoms with van der Waals surface area (Å²) in [5, 5.41) is 11.1. The molecule has 3 nitrogen and oxygen atoms in total. The number of hydrogen-bond acceptors (Lipinski definition) is 2. The van der Waals surface area contributed by atoms with Crippen LogP contribution in [0.2, 0.25) is 5.02 Å². The number of H-pyrrole nitrogens is 1. The number of nitrogens with one attached hydrogen (secondary N) is 1. The van der Waals surface area contributed by atoms with E-state index in [0.29, 0.717) is 11.6 Å². The van der Waals surface area contributed by atoms with Crippen LogP contribution in [0.1, 0.15) is 12.6 Å². The van der Waals surface area contributed by atoms with Crippen LogP contribution in [0.5, 0.6) is 0 Å². The lowest BCUT2D eigenvalue weighted by Crippen LogP contribution is -2.35. The molecule has 0 aliphatic rings. The number of halogens is 1. The van der Waals surface area contributed by atoms with Crippen LogP contribution >= 0.6 is 11.6 Å². The molecule has 16 heavy (non-hydrogen) atoms. The zero-order chi connectivity index (χ0) is 11.8. The van der Waals surface area contributed by atoms with Gasteiger partial charge in [0.2, 0.25) is 0 Å². The van der Waals surface area contributed by atoms with E-state index >= 15 is 0 Å². The Morgan fingerprint density at radius 2 is 2.19 bits per heavy atom. The molecule has 86 valence electrons. The second-order valence-corrected chi connectivity index (χ2v) is 4.77. The van der Waals surface area contributed by atoms with E-state index in [1.54, 1.807) is 0 Å². The molecule has 2 aromatic rings. The molecule has 1 unspecified atom stereocenters. The largest absolute Gasteiger partial charge is 0.395 e. The fourth-order valence-corrected chi connectivity index (χ4v) is 1.87. The predicted octanol–water partition coefficient (Wildman–Crippen LogP) is 2.03. The summed E-state index contributed by atoms with van der Waals surface area (Å²) in [5.74, 6) is 0. The van der Waals surface area contributed by atoms with Gasteiger partial charge in [-0.2, -0.15) is 0 Å². The average Bonchev–Trinajstić information content (AvgIpc) is 2.71. The van der Waals surface area contributed by atoms with Gasteiger partial charge in [-0.3, -0.25) is 0 Å². The molecule has 0 aliphatic heterocycles. The van der Waals surface area contributed by atoms with Crippen LogP contribution in [0, 0.1) is 0 Å². The zero-order valence-electron chi connectivity index (χ0n) is 9.13. The minimum atomic E-state index is -0.425. The van der Waals surface area contributed by atoms with Gasteiger partial charge in [0, 0.05) is 33.6 Å². The Kier molecular flexibility index (Phi) is 2.93. The van der Waals surface area contributed by atoms with E-state index < -0.39 is 5.41 Å². The maximum Gasteiger partial charge on any atom is 0.0551 e. The Morgan fingerprint density at radius 1 is 1.44 bits per heavy atom. The van der Waals surface area contributed by atoms with Crippen molar-refractivity contribution in [3.63, 3.8) is 0 Å². The van der Waals surface area contributed by atoms with Gasteiger partial charge in [0.05, 0.1) is 6.61 Å². The van der Waals surface area contributed by atoms with Crippen LogP contribution in [-0.2, 0) is 5.41 Å². The summed E-state index contributed by atoms with van der Waals surface area (Å²) in [7, 11) is 0. The second-order valence-electron chi connectivity index (χ2n) is 4.34. The molecule has 0 saturated heterocycles. The summed E-state index contributed by atoms with van der Waals surface area (Å²) in [6, 6.07) is 7.65. The molecule has 2 rings (SSSR count). The maximum absolute atomic E-state index is 9.39. The van der Waals surface area contributed by atoms with E-state index in [-0.39, 0.29) is 6.61 Å². The molecular weight excluding hydrogens is 224 g/mol. The van der Waals surface area contributed by atoms with E-state index in [2.05, 4.69) is 4.98 Å². The van der Waals surface area contributed by atoms with E-state index in [9.17, 15) is 5.11 Å². The number of aromatic nitrogens is 1.